The van der Waals surface area contributed by atoms with Gasteiger partial charge in [-0.2, -0.15) is 0 Å². The third-order valence-electron chi connectivity index (χ3n) is 2.83. The van der Waals surface area contributed by atoms with Gasteiger partial charge in [-0.25, -0.2) is 4.98 Å². The van der Waals surface area contributed by atoms with Gasteiger partial charge in [-0.3, -0.25) is 0 Å². The molecule has 0 aliphatic heterocycles. The highest BCUT2D eigenvalue weighted by Gasteiger charge is 1.99. The van der Waals surface area contributed by atoms with Gasteiger partial charge in [0.25, 0.3) is 0 Å². The summed E-state index contributed by atoms with van der Waals surface area (Å²) in [6, 6.07) is 18.1. The number of nitrogens with zero attached hydrogens (tertiary/aromatic N) is 1. The monoisotopic (exact) mass is 235 g/mol. The summed E-state index contributed by atoms with van der Waals surface area (Å²) in [6.45, 7) is 2.01. The van der Waals surface area contributed by atoms with E-state index in [1.54, 1.807) is 6.20 Å². The molecule has 0 bridgehead atoms. The first kappa shape index (κ1) is 10.8. The Labute approximate surface area is 106 Å². The molecule has 0 spiro atoms. The van der Waals surface area contributed by atoms with Gasteiger partial charge in [0, 0.05) is 12.3 Å². The fourth-order valence-corrected chi connectivity index (χ4v) is 1.87. The third-order valence-corrected chi connectivity index (χ3v) is 2.83. The molecule has 0 unspecified atom stereocenters. The average Bonchev–Trinajstić information content (AvgIpc) is 2.41. The van der Waals surface area contributed by atoms with Gasteiger partial charge in [-0.15, -0.1) is 0 Å². The highest BCUT2D eigenvalue weighted by atomic mass is 16.5. The van der Waals surface area contributed by atoms with Crippen molar-refractivity contribution >= 4 is 10.8 Å². The average molecular weight is 235 g/mol. The van der Waals surface area contributed by atoms with Crippen molar-refractivity contribution in [3.8, 4) is 11.6 Å². The second-order valence-electron chi connectivity index (χ2n) is 4.28. The van der Waals surface area contributed by atoms with E-state index in [9.17, 15) is 0 Å². The fourth-order valence-electron chi connectivity index (χ4n) is 1.87. The van der Waals surface area contributed by atoms with Crippen LogP contribution in [0.4, 0.5) is 0 Å². The van der Waals surface area contributed by atoms with E-state index in [-0.39, 0.29) is 0 Å². The summed E-state index contributed by atoms with van der Waals surface area (Å²) in [5.41, 5.74) is 1.13. The van der Waals surface area contributed by atoms with Crippen molar-refractivity contribution in [2.24, 2.45) is 0 Å². The zero-order valence-electron chi connectivity index (χ0n) is 10.1. The Hall–Kier alpha value is -2.35. The number of ether oxygens (including phenoxy) is 1. The molecule has 3 rings (SSSR count). The lowest BCUT2D eigenvalue weighted by molar-refractivity contribution is 0.463. The van der Waals surface area contributed by atoms with Crippen LogP contribution in [0.25, 0.3) is 10.8 Å². The predicted octanol–water partition coefficient (Wildman–Crippen LogP) is 4.34. The quantitative estimate of drug-likeness (QED) is 0.659. The van der Waals surface area contributed by atoms with Crippen LogP contribution in [0.1, 0.15) is 5.56 Å². The summed E-state index contributed by atoms with van der Waals surface area (Å²) >= 11 is 0. The van der Waals surface area contributed by atoms with Gasteiger partial charge in [0.1, 0.15) is 5.75 Å². The van der Waals surface area contributed by atoms with Gasteiger partial charge in [0.15, 0.2) is 0 Å². The molecule has 0 saturated heterocycles. The van der Waals surface area contributed by atoms with Crippen LogP contribution in [-0.4, -0.2) is 4.98 Å². The summed E-state index contributed by atoms with van der Waals surface area (Å²) < 4.78 is 5.73. The topological polar surface area (TPSA) is 22.1 Å². The number of rotatable bonds is 2. The lowest BCUT2D eigenvalue weighted by Crippen LogP contribution is -1.87. The van der Waals surface area contributed by atoms with Crippen LogP contribution in [0.3, 0.4) is 0 Å². The van der Waals surface area contributed by atoms with E-state index in [2.05, 4.69) is 23.2 Å². The van der Waals surface area contributed by atoms with Crippen molar-refractivity contribution in [2.75, 3.05) is 0 Å². The molecule has 2 aromatic carbocycles. The minimum atomic E-state index is 0.621. The lowest BCUT2D eigenvalue weighted by Gasteiger charge is -2.06. The third kappa shape index (κ3) is 2.18. The van der Waals surface area contributed by atoms with Crippen molar-refractivity contribution < 1.29 is 4.74 Å². The van der Waals surface area contributed by atoms with Crippen LogP contribution < -0.4 is 4.74 Å². The molecule has 0 amide bonds. The van der Waals surface area contributed by atoms with Crippen molar-refractivity contribution in [3.05, 3.63) is 66.4 Å². The van der Waals surface area contributed by atoms with E-state index >= 15 is 0 Å². The summed E-state index contributed by atoms with van der Waals surface area (Å²) in [5.74, 6) is 1.43. The van der Waals surface area contributed by atoms with E-state index in [4.69, 9.17) is 4.74 Å². The van der Waals surface area contributed by atoms with Gasteiger partial charge < -0.3 is 4.74 Å². The number of aryl methyl sites for hydroxylation is 1. The Morgan fingerprint density at radius 2 is 1.72 bits per heavy atom. The second-order valence-corrected chi connectivity index (χ2v) is 4.28. The first-order valence-corrected chi connectivity index (χ1v) is 5.90. The molecule has 1 aromatic heterocycles. The molecule has 2 heteroatoms. The second kappa shape index (κ2) is 4.49. The molecule has 0 N–H and O–H groups in total. The fraction of sp³-hybridized carbons (Fsp3) is 0.0625. The summed E-state index contributed by atoms with van der Waals surface area (Å²) in [4.78, 5) is 4.23. The Bertz CT molecular complexity index is 674. The zero-order valence-corrected chi connectivity index (χ0v) is 10.1. The molecule has 0 aliphatic carbocycles. The van der Waals surface area contributed by atoms with Crippen molar-refractivity contribution in [2.45, 2.75) is 6.92 Å². The van der Waals surface area contributed by atoms with E-state index in [0.29, 0.717) is 5.88 Å². The Kier molecular flexibility index (Phi) is 2.69. The summed E-state index contributed by atoms with van der Waals surface area (Å²) in [6.07, 6.45) is 1.80. The van der Waals surface area contributed by atoms with Crippen molar-refractivity contribution in [1.82, 2.24) is 4.98 Å². The van der Waals surface area contributed by atoms with Gasteiger partial charge in [-0.1, -0.05) is 36.4 Å². The maximum atomic E-state index is 5.73. The molecule has 0 fully saturated rings. The Morgan fingerprint density at radius 3 is 2.50 bits per heavy atom. The molecule has 1 heterocycles. The van der Waals surface area contributed by atoms with Crippen LogP contribution in [0.15, 0.2) is 60.8 Å². The zero-order chi connectivity index (χ0) is 12.4. The first-order valence-electron chi connectivity index (χ1n) is 5.90. The lowest BCUT2D eigenvalue weighted by atomic mass is 10.1. The maximum Gasteiger partial charge on any atom is 0.219 e. The molecule has 0 saturated carbocycles. The van der Waals surface area contributed by atoms with Crippen molar-refractivity contribution in [3.63, 3.8) is 0 Å². The largest absolute Gasteiger partial charge is 0.439 e. The van der Waals surface area contributed by atoms with E-state index in [1.807, 2.05) is 43.3 Å². The van der Waals surface area contributed by atoms with Gasteiger partial charge >= 0.3 is 0 Å². The van der Waals surface area contributed by atoms with Crippen molar-refractivity contribution in [1.29, 1.82) is 0 Å². The molecule has 18 heavy (non-hydrogen) atoms. The highest BCUT2D eigenvalue weighted by Crippen LogP contribution is 2.24. The van der Waals surface area contributed by atoms with Crippen LogP contribution >= 0.6 is 0 Å². The van der Waals surface area contributed by atoms with Gasteiger partial charge in [-0.05, 0) is 35.4 Å². The molecule has 88 valence electrons. The van der Waals surface area contributed by atoms with Gasteiger partial charge in [0.2, 0.25) is 5.88 Å². The summed E-state index contributed by atoms with van der Waals surface area (Å²) in [7, 11) is 0. The number of pyridine rings is 1. The number of aromatic nitrogens is 1. The Balaban J connectivity index is 1.92. The smallest absolute Gasteiger partial charge is 0.219 e. The first-order chi connectivity index (χ1) is 8.81. The number of benzene rings is 2. The predicted molar refractivity (Wildman–Crippen MR) is 73.0 cm³/mol. The molecular weight excluding hydrogens is 222 g/mol. The van der Waals surface area contributed by atoms with Crippen LogP contribution in [0.5, 0.6) is 11.6 Å². The SMILES string of the molecule is Cc1ccc(Oc2ccc3ccccc3c2)nc1. The molecule has 0 atom stereocenters. The number of fused-ring (bicyclic) bond motifs is 1. The minimum absolute atomic E-state index is 0.621. The van der Waals surface area contributed by atoms with Crippen LogP contribution in [0.2, 0.25) is 0 Å². The molecule has 2 nitrogen and oxygen atoms in total. The molecule has 0 aliphatic rings. The van der Waals surface area contributed by atoms with Gasteiger partial charge in [0.05, 0.1) is 0 Å². The number of hydrogen-bond donors (Lipinski definition) is 0. The van der Waals surface area contributed by atoms with E-state index in [0.717, 1.165) is 11.3 Å². The highest BCUT2D eigenvalue weighted by molar-refractivity contribution is 5.83. The summed E-state index contributed by atoms with van der Waals surface area (Å²) in [5, 5.41) is 2.38. The molecular formula is C16H13NO. The van der Waals surface area contributed by atoms with E-state index in [1.165, 1.54) is 10.8 Å². The molecule has 3 aromatic rings. The van der Waals surface area contributed by atoms with Crippen LogP contribution in [-0.2, 0) is 0 Å². The standard InChI is InChI=1S/C16H13NO/c1-12-6-9-16(17-11-12)18-15-8-7-13-4-2-3-5-14(13)10-15/h2-11H,1H3. The van der Waals surface area contributed by atoms with E-state index < -0.39 is 0 Å². The molecule has 0 radical (unpaired) electrons. The Morgan fingerprint density at radius 1 is 0.889 bits per heavy atom. The normalized spacial score (nSPS) is 10.5. The minimum Gasteiger partial charge on any atom is -0.439 e. The maximum absolute atomic E-state index is 5.73. The van der Waals surface area contributed by atoms with Crippen LogP contribution in [0, 0.1) is 6.92 Å². The number of hydrogen-bond acceptors (Lipinski definition) is 2.